The molecule has 0 unspecified atom stereocenters. The number of rotatable bonds is 4. The predicted molar refractivity (Wildman–Crippen MR) is 99.6 cm³/mol. The zero-order valence-corrected chi connectivity index (χ0v) is 16.1. The molecule has 1 aliphatic rings. The average molecular weight is 379 g/mol. The number of hydrogen-bond acceptors (Lipinski definition) is 8. The molecule has 0 spiro atoms. The van der Waals surface area contributed by atoms with Crippen molar-refractivity contribution >= 4 is 30.5 Å². The van der Waals surface area contributed by atoms with Gasteiger partial charge in [-0.25, -0.2) is 14.6 Å². The fraction of sp³-hybridized carbons (Fsp3) is 0.588. The summed E-state index contributed by atoms with van der Waals surface area (Å²) in [6.07, 6.45) is 1.37. The summed E-state index contributed by atoms with van der Waals surface area (Å²) in [6, 6.07) is 3.26. The molecule has 0 aromatic carbocycles. The topological polar surface area (TPSA) is 121 Å². The van der Waals surface area contributed by atoms with E-state index >= 15 is 0 Å². The highest BCUT2D eigenvalue weighted by molar-refractivity contribution is 6.58. The van der Waals surface area contributed by atoms with Crippen LogP contribution in [0.1, 0.15) is 33.6 Å². The summed E-state index contributed by atoms with van der Waals surface area (Å²) in [5.41, 5.74) is -1.54. The molecule has 0 bridgehead atoms. The van der Waals surface area contributed by atoms with Crippen molar-refractivity contribution in [3.63, 3.8) is 0 Å². The Morgan fingerprint density at radius 3 is 2.33 bits per heavy atom. The van der Waals surface area contributed by atoms with Crippen LogP contribution in [-0.2, 0) is 14.3 Å². The summed E-state index contributed by atoms with van der Waals surface area (Å²) in [6.45, 7) is 6.16. The number of amides is 1. The second-order valence-electron chi connectivity index (χ2n) is 7.51. The number of pyridine rings is 1. The van der Waals surface area contributed by atoms with E-state index in [1.54, 1.807) is 32.9 Å². The van der Waals surface area contributed by atoms with Crippen LogP contribution in [0.3, 0.4) is 0 Å². The van der Waals surface area contributed by atoms with Crippen molar-refractivity contribution in [2.24, 2.45) is 0 Å². The van der Waals surface area contributed by atoms with E-state index < -0.39 is 30.3 Å². The molecule has 3 N–H and O–H groups in total. The fourth-order valence-corrected chi connectivity index (χ4v) is 2.93. The van der Waals surface area contributed by atoms with Gasteiger partial charge in [0, 0.05) is 24.7 Å². The van der Waals surface area contributed by atoms with Crippen LogP contribution in [0, 0.1) is 0 Å². The summed E-state index contributed by atoms with van der Waals surface area (Å²) in [5, 5.41) is 21.0. The molecule has 0 radical (unpaired) electrons. The van der Waals surface area contributed by atoms with Gasteiger partial charge in [-0.15, -0.1) is 0 Å². The third-order valence-electron chi connectivity index (χ3n) is 4.33. The van der Waals surface area contributed by atoms with Crippen molar-refractivity contribution in [2.75, 3.05) is 25.1 Å². The van der Waals surface area contributed by atoms with E-state index in [0.29, 0.717) is 37.2 Å². The van der Waals surface area contributed by atoms with Gasteiger partial charge < -0.3 is 29.7 Å². The van der Waals surface area contributed by atoms with Crippen molar-refractivity contribution in [1.29, 1.82) is 0 Å². The zero-order valence-electron chi connectivity index (χ0n) is 16.1. The number of methoxy groups -OCH3 is 1. The minimum atomic E-state index is -1.57. The molecule has 9 nitrogen and oxygen atoms in total. The van der Waals surface area contributed by atoms with Gasteiger partial charge in [0.2, 0.25) is 0 Å². The van der Waals surface area contributed by atoms with Crippen LogP contribution in [-0.4, -0.2) is 65.6 Å². The lowest BCUT2D eigenvalue weighted by atomic mass is 9.82. The van der Waals surface area contributed by atoms with Gasteiger partial charge in [-0.2, -0.15) is 0 Å². The van der Waals surface area contributed by atoms with E-state index in [1.165, 1.54) is 13.3 Å². The first-order valence-electron chi connectivity index (χ1n) is 8.73. The molecular formula is C17H26BN3O6. The summed E-state index contributed by atoms with van der Waals surface area (Å²) in [4.78, 5) is 30.7. The molecule has 148 valence electrons. The molecule has 10 heteroatoms. The van der Waals surface area contributed by atoms with Gasteiger partial charge in [0.25, 0.3) is 0 Å². The number of esters is 1. The summed E-state index contributed by atoms with van der Waals surface area (Å²) >= 11 is 0. The van der Waals surface area contributed by atoms with Gasteiger partial charge in [0.05, 0.1) is 7.11 Å². The maximum absolute atomic E-state index is 12.4. The monoisotopic (exact) mass is 379 g/mol. The van der Waals surface area contributed by atoms with Gasteiger partial charge in [0.15, 0.2) is 0 Å². The Hall–Kier alpha value is -2.33. The van der Waals surface area contributed by atoms with Crippen molar-refractivity contribution in [3.8, 4) is 0 Å². The standard InChI is InChI=1S/C17H26BN3O6/c1-16(2,3)27-15(23)20-17(14(22)26-4)7-9-21(10-8-17)13-6-5-12(11-19-13)18(24)25/h5-6,11,24-25H,7-10H2,1-4H3,(H,20,23). The number of piperidine rings is 1. The van der Waals surface area contributed by atoms with Crippen molar-refractivity contribution in [2.45, 2.75) is 44.8 Å². The SMILES string of the molecule is COC(=O)C1(NC(=O)OC(C)(C)C)CCN(c2ccc(B(O)O)cn2)CC1. The van der Waals surface area contributed by atoms with Crippen LogP contribution in [0.15, 0.2) is 18.3 Å². The van der Waals surface area contributed by atoms with Crippen LogP contribution in [0.4, 0.5) is 10.6 Å². The molecule has 1 aromatic heterocycles. The first kappa shape index (κ1) is 21.0. The second-order valence-corrected chi connectivity index (χ2v) is 7.51. The van der Waals surface area contributed by atoms with Crippen LogP contribution in [0.25, 0.3) is 0 Å². The van der Waals surface area contributed by atoms with Crippen LogP contribution < -0.4 is 15.7 Å². The number of ether oxygens (including phenoxy) is 2. The predicted octanol–water partition coefficient (Wildman–Crippen LogP) is -0.202. The zero-order chi connectivity index (χ0) is 20.2. The van der Waals surface area contributed by atoms with Gasteiger partial charge in [-0.3, -0.25) is 0 Å². The quantitative estimate of drug-likeness (QED) is 0.486. The molecule has 0 saturated carbocycles. The molecule has 0 aliphatic carbocycles. The van der Waals surface area contributed by atoms with Crippen molar-refractivity contribution in [1.82, 2.24) is 10.3 Å². The van der Waals surface area contributed by atoms with E-state index in [0.717, 1.165) is 0 Å². The second kappa shape index (κ2) is 8.14. The number of carbonyl (C=O) groups excluding carboxylic acids is 2. The molecular weight excluding hydrogens is 353 g/mol. The Morgan fingerprint density at radius 2 is 1.89 bits per heavy atom. The Balaban J connectivity index is 2.08. The summed E-state index contributed by atoms with van der Waals surface area (Å²) in [5.74, 6) is 0.134. The number of alkyl carbamates (subject to hydrolysis) is 1. The molecule has 1 aliphatic heterocycles. The van der Waals surface area contributed by atoms with Crippen molar-refractivity contribution < 1.29 is 29.1 Å². The summed E-state index contributed by atoms with van der Waals surface area (Å²) in [7, 11) is -0.286. The highest BCUT2D eigenvalue weighted by Gasteiger charge is 2.45. The lowest BCUT2D eigenvalue weighted by Gasteiger charge is -2.40. The van der Waals surface area contributed by atoms with E-state index in [9.17, 15) is 9.59 Å². The maximum Gasteiger partial charge on any atom is 0.490 e. The lowest BCUT2D eigenvalue weighted by molar-refractivity contribution is -0.149. The number of anilines is 1. The van der Waals surface area contributed by atoms with Gasteiger partial charge in [0.1, 0.15) is 17.0 Å². The number of nitrogens with one attached hydrogen (secondary N) is 1. The highest BCUT2D eigenvalue weighted by Crippen LogP contribution is 2.27. The largest absolute Gasteiger partial charge is 0.490 e. The van der Waals surface area contributed by atoms with E-state index in [2.05, 4.69) is 10.3 Å². The van der Waals surface area contributed by atoms with E-state index in [4.69, 9.17) is 19.5 Å². The van der Waals surface area contributed by atoms with E-state index in [-0.39, 0.29) is 0 Å². The minimum Gasteiger partial charge on any atom is -0.467 e. The third kappa shape index (κ3) is 5.33. The third-order valence-corrected chi connectivity index (χ3v) is 4.33. The number of hydrogen-bond donors (Lipinski definition) is 3. The van der Waals surface area contributed by atoms with Crippen LogP contribution in [0.2, 0.25) is 0 Å². The molecule has 2 rings (SSSR count). The first-order chi connectivity index (χ1) is 12.6. The summed E-state index contributed by atoms with van der Waals surface area (Å²) < 4.78 is 10.2. The van der Waals surface area contributed by atoms with Gasteiger partial charge in [-0.1, -0.05) is 6.07 Å². The first-order valence-corrected chi connectivity index (χ1v) is 8.73. The minimum absolute atomic E-state index is 0.297. The number of nitrogens with zero attached hydrogens (tertiary/aromatic N) is 2. The smallest absolute Gasteiger partial charge is 0.467 e. The molecule has 1 saturated heterocycles. The maximum atomic E-state index is 12.4. The molecule has 2 heterocycles. The molecule has 27 heavy (non-hydrogen) atoms. The number of aromatic nitrogens is 1. The normalized spacial score (nSPS) is 16.4. The van der Waals surface area contributed by atoms with Crippen LogP contribution >= 0.6 is 0 Å². The van der Waals surface area contributed by atoms with Gasteiger partial charge >= 0.3 is 19.2 Å². The van der Waals surface area contributed by atoms with Gasteiger partial charge in [-0.05, 0) is 39.7 Å². The van der Waals surface area contributed by atoms with Crippen molar-refractivity contribution in [3.05, 3.63) is 18.3 Å². The van der Waals surface area contributed by atoms with Crippen LogP contribution in [0.5, 0.6) is 0 Å². The fourth-order valence-electron chi connectivity index (χ4n) is 2.93. The molecule has 1 amide bonds. The number of carbonyl (C=O) groups is 2. The molecule has 1 aromatic rings. The molecule has 0 atom stereocenters. The average Bonchev–Trinajstić information content (AvgIpc) is 2.60. The Kier molecular flexibility index (Phi) is 6.32. The Labute approximate surface area is 158 Å². The molecule has 1 fully saturated rings. The highest BCUT2D eigenvalue weighted by atomic mass is 16.6. The Morgan fingerprint density at radius 1 is 1.26 bits per heavy atom. The van der Waals surface area contributed by atoms with E-state index in [1.807, 2.05) is 4.90 Å². The lowest BCUT2D eigenvalue weighted by Crippen LogP contribution is -2.61. The Bertz CT molecular complexity index is 666.